The van der Waals surface area contributed by atoms with Gasteiger partial charge in [0.2, 0.25) is 0 Å². The van der Waals surface area contributed by atoms with Gasteiger partial charge >= 0.3 is 0 Å². The number of rotatable bonds is 2. The van der Waals surface area contributed by atoms with E-state index in [1.165, 1.54) is 11.1 Å². The SMILES string of the molecule is Cc1ccc2nc(-c3ccc(N)cc3)[nH]c2c1.Cc1cccc2[nH]c(-c3ccc(N)cc3)nc12. The number of nitrogens with one attached hydrogen (secondary N) is 2. The second kappa shape index (κ2) is 8.75. The first-order valence-corrected chi connectivity index (χ1v) is 11.1. The van der Waals surface area contributed by atoms with E-state index in [0.717, 1.165) is 56.2 Å². The van der Waals surface area contributed by atoms with Gasteiger partial charge in [-0.05, 0) is 91.7 Å². The zero-order valence-electron chi connectivity index (χ0n) is 19.1. The quantitative estimate of drug-likeness (QED) is 0.236. The Hall–Kier alpha value is -4.58. The first-order chi connectivity index (χ1) is 16.5. The van der Waals surface area contributed by atoms with Crippen LogP contribution in [0.3, 0.4) is 0 Å². The first-order valence-electron chi connectivity index (χ1n) is 11.1. The van der Waals surface area contributed by atoms with Crippen molar-refractivity contribution in [1.82, 2.24) is 19.9 Å². The van der Waals surface area contributed by atoms with Crippen molar-refractivity contribution in [1.29, 1.82) is 0 Å². The molecule has 0 amide bonds. The molecule has 6 heteroatoms. The molecular formula is C28H26N6. The van der Waals surface area contributed by atoms with Crippen molar-refractivity contribution >= 4 is 33.4 Å². The van der Waals surface area contributed by atoms with Crippen LogP contribution in [0, 0.1) is 13.8 Å². The van der Waals surface area contributed by atoms with E-state index < -0.39 is 0 Å². The highest BCUT2D eigenvalue weighted by Gasteiger charge is 2.07. The molecule has 0 radical (unpaired) electrons. The van der Waals surface area contributed by atoms with Crippen molar-refractivity contribution in [3.63, 3.8) is 0 Å². The third-order valence-corrected chi connectivity index (χ3v) is 5.72. The summed E-state index contributed by atoms with van der Waals surface area (Å²) in [6.07, 6.45) is 0. The van der Waals surface area contributed by atoms with E-state index in [0.29, 0.717) is 0 Å². The van der Waals surface area contributed by atoms with Gasteiger partial charge in [-0.25, -0.2) is 9.97 Å². The maximum atomic E-state index is 5.67. The minimum absolute atomic E-state index is 0.765. The third-order valence-electron chi connectivity index (χ3n) is 5.72. The number of H-pyrrole nitrogens is 2. The molecule has 0 aliphatic rings. The number of benzene rings is 4. The fraction of sp³-hybridized carbons (Fsp3) is 0.0714. The van der Waals surface area contributed by atoms with Crippen molar-refractivity contribution in [2.24, 2.45) is 0 Å². The highest BCUT2D eigenvalue weighted by molar-refractivity contribution is 5.82. The predicted octanol–water partition coefficient (Wildman–Crippen LogP) is 6.24. The molecular weight excluding hydrogens is 420 g/mol. The van der Waals surface area contributed by atoms with Crippen molar-refractivity contribution in [3.05, 3.63) is 96.1 Å². The van der Waals surface area contributed by atoms with Gasteiger partial charge in [-0.3, -0.25) is 0 Å². The lowest BCUT2D eigenvalue weighted by atomic mass is 10.2. The molecule has 0 bridgehead atoms. The number of nitrogen functional groups attached to an aromatic ring is 2. The topological polar surface area (TPSA) is 109 Å². The van der Waals surface area contributed by atoms with Gasteiger partial charge in [0.1, 0.15) is 11.6 Å². The number of aromatic amines is 2. The molecule has 0 aliphatic carbocycles. The lowest BCUT2D eigenvalue weighted by Gasteiger charge is -1.96. The summed E-state index contributed by atoms with van der Waals surface area (Å²) in [6.45, 7) is 4.14. The Balaban J connectivity index is 0.000000142. The molecule has 2 aromatic heterocycles. The van der Waals surface area contributed by atoms with Crippen LogP contribution in [0.1, 0.15) is 11.1 Å². The molecule has 0 fully saturated rings. The molecule has 6 aromatic rings. The number of imidazole rings is 2. The van der Waals surface area contributed by atoms with E-state index in [1.54, 1.807) is 0 Å². The van der Waals surface area contributed by atoms with Crippen LogP contribution in [0.2, 0.25) is 0 Å². The molecule has 0 spiro atoms. The van der Waals surface area contributed by atoms with E-state index >= 15 is 0 Å². The summed E-state index contributed by atoms with van der Waals surface area (Å²) in [5.74, 6) is 1.76. The lowest BCUT2D eigenvalue weighted by molar-refractivity contribution is 1.33. The summed E-state index contributed by atoms with van der Waals surface area (Å²) in [7, 11) is 0. The van der Waals surface area contributed by atoms with Gasteiger partial charge in [-0.1, -0.05) is 18.2 Å². The zero-order valence-corrected chi connectivity index (χ0v) is 19.1. The largest absolute Gasteiger partial charge is 0.399 e. The highest BCUT2D eigenvalue weighted by Crippen LogP contribution is 2.23. The standard InChI is InChI=1S/2C14H13N3/c1-9-2-7-12-13(8-9)17-14(16-12)10-3-5-11(15)6-4-10;1-9-3-2-4-12-13(9)17-14(16-12)10-5-7-11(15)8-6-10/h2*2-8H,15H2,1H3,(H,16,17). The number of anilines is 2. The number of hydrogen-bond donors (Lipinski definition) is 4. The van der Waals surface area contributed by atoms with Gasteiger partial charge in [0.15, 0.2) is 0 Å². The van der Waals surface area contributed by atoms with Crippen molar-refractivity contribution in [2.75, 3.05) is 11.5 Å². The molecule has 34 heavy (non-hydrogen) atoms. The van der Waals surface area contributed by atoms with Gasteiger partial charge < -0.3 is 21.4 Å². The number of aryl methyl sites for hydroxylation is 2. The van der Waals surface area contributed by atoms with Gasteiger partial charge in [0.05, 0.1) is 22.1 Å². The van der Waals surface area contributed by atoms with Crippen LogP contribution in [0.5, 0.6) is 0 Å². The highest BCUT2D eigenvalue weighted by atomic mass is 14.9. The Kier molecular flexibility index (Phi) is 5.47. The van der Waals surface area contributed by atoms with Crippen LogP contribution in [-0.4, -0.2) is 19.9 Å². The Morgan fingerprint density at radius 2 is 1.21 bits per heavy atom. The summed E-state index contributed by atoms with van der Waals surface area (Å²) in [5, 5.41) is 0. The average Bonchev–Trinajstić information content (AvgIpc) is 3.45. The fourth-order valence-electron chi connectivity index (χ4n) is 3.85. The second-order valence-corrected chi connectivity index (χ2v) is 8.41. The van der Waals surface area contributed by atoms with Crippen LogP contribution in [0.25, 0.3) is 44.8 Å². The summed E-state index contributed by atoms with van der Waals surface area (Å²) < 4.78 is 0. The van der Waals surface area contributed by atoms with Gasteiger partial charge in [0, 0.05) is 22.5 Å². The number of fused-ring (bicyclic) bond motifs is 2. The fourth-order valence-corrected chi connectivity index (χ4v) is 3.85. The molecule has 0 saturated carbocycles. The molecule has 6 nitrogen and oxygen atoms in total. The Morgan fingerprint density at radius 1 is 0.618 bits per heavy atom. The van der Waals surface area contributed by atoms with Crippen LogP contribution in [0.15, 0.2) is 84.9 Å². The van der Waals surface area contributed by atoms with Crippen molar-refractivity contribution in [3.8, 4) is 22.8 Å². The van der Waals surface area contributed by atoms with E-state index in [1.807, 2.05) is 66.7 Å². The molecule has 2 heterocycles. The molecule has 0 atom stereocenters. The number of hydrogen-bond acceptors (Lipinski definition) is 4. The molecule has 4 aromatic carbocycles. The normalized spacial score (nSPS) is 10.9. The van der Waals surface area contributed by atoms with E-state index in [9.17, 15) is 0 Å². The summed E-state index contributed by atoms with van der Waals surface area (Å²) >= 11 is 0. The summed E-state index contributed by atoms with van der Waals surface area (Å²) in [4.78, 5) is 15.8. The number of para-hydroxylation sites is 1. The average molecular weight is 447 g/mol. The first kappa shape index (κ1) is 21.3. The van der Waals surface area contributed by atoms with Crippen LogP contribution in [-0.2, 0) is 0 Å². The van der Waals surface area contributed by atoms with Crippen molar-refractivity contribution in [2.45, 2.75) is 13.8 Å². The molecule has 0 aliphatic heterocycles. The zero-order chi connectivity index (χ0) is 23.7. The lowest BCUT2D eigenvalue weighted by Crippen LogP contribution is -1.84. The Bertz CT molecular complexity index is 1570. The Labute approximate surface area is 197 Å². The predicted molar refractivity (Wildman–Crippen MR) is 141 cm³/mol. The molecule has 6 rings (SSSR count). The van der Waals surface area contributed by atoms with E-state index in [4.69, 9.17) is 11.5 Å². The van der Waals surface area contributed by atoms with Gasteiger partial charge in [0.25, 0.3) is 0 Å². The smallest absolute Gasteiger partial charge is 0.138 e. The molecule has 6 N–H and O–H groups in total. The summed E-state index contributed by atoms with van der Waals surface area (Å²) in [6, 6.07) is 27.8. The minimum atomic E-state index is 0.765. The Morgan fingerprint density at radius 3 is 1.82 bits per heavy atom. The van der Waals surface area contributed by atoms with E-state index in [-0.39, 0.29) is 0 Å². The molecule has 168 valence electrons. The maximum Gasteiger partial charge on any atom is 0.138 e. The monoisotopic (exact) mass is 446 g/mol. The number of nitrogens with zero attached hydrogens (tertiary/aromatic N) is 2. The number of aromatic nitrogens is 4. The molecule has 0 saturated heterocycles. The summed E-state index contributed by atoms with van der Waals surface area (Å²) in [5.41, 5.74) is 21.5. The third kappa shape index (κ3) is 4.34. The molecule has 0 unspecified atom stereocenters. The second-order valence-electron chi connectivity index (χ2n) is 8.41. The van der Waals surface area contributed by atoms with Gasteiger partial charge in [-0.15, -0.1) is 0 Å². The minimum Gasteiger partial charge on any atom is -0.399 e. The van der Waals surface area contributed by atoms with Crippen LogP contribution < -0.4 is 11.5 Å². The van der Waals surface area contributed by atoms with Gasteiger partial charge in [-0.2, -0.15) is 0 Å². The maximum absolute atomic E-state index is 5.67. The van der Waals surface area contributed by atoms with Crippen LogP contribution >= 0.6 is 0 Å². The van der Waals surface area contributed by atoms with Crippen molar-refractivity contribution < 1.29 is 0 Å². The van der Waals surface area contributed by atoms with E-state index in [2.05, 4.69) is 52.0 Å². The van der Waals surface area contributed by atoms with Crippen LogP contribution in [0.4, 0.5) is 11.4 Å². The number of nitrogens with two attached hydrogens (primary N) is 2.